The molecule has 1 fully saturated rings. The molecule has 1 saturated carbocycles. The molecule has 0 amide bonds. The van der Waals surface area contributed by atoms with Crippen LogP contribution in [-0.2, 0) is 14.2 Å². The average Bonchev–Trinajstić information content (AvgIpc) is 2.89. The Kier molecular flexibility index (Phi) is 9.56. The Morgan fingerprint density at radius 1 is 1.11 bits per heavy atom. The highest BCUT2D eigenvalue weighted by molar-refractivity contribution is 4.79. The monoisotopic (exact) mass is 256 g/mol. The standard InChI is InChI=1S/C12H22N3O3/c13-15-14-5-6-16-7-8-17-9-10-18-11-12-3-1-2-4-12/h1,12H,2-11H2/t12-/m1/s1. The van der Waals surface area contributed by atoms with Crippen LogP contribution in [0.2, 0.25) is 0 Å². The first-order valence-electron chi connectivity index (χ1n) is 6.49. The Labute approximate surface area is 108 Å². The van der Waals surface area contributed by atoms with Gasteiger partial charge in [0.2, 0.25) is 0 Å². The maximum absolute atomic E-state index is 8.03. The molecule has 1 aliphatic rings. The zero-order valence-corrected chi connectivity index (χ0v) is 10.8. The number of nitrogens with zero attached hydrogens (tertiary/aromatic N) is 3. The normalized spacial score (nSPS) is 15.8. The van der Waals surface area contributed by atoms with Gasteiger partial charge in [0.05, 0.1) is 33.0 Å². The zero-order chi connectivity index (χ0) is 12.9. The molecular formula is C12H22N3O3. The lowest BCUT2D eigenvalue weighted by Crippen LogP contribution is -2.13. The molecule has 0 unspecified atom stereocenters. The minimum absolute atomic E-state index is 0.373. The van der Waals surface area contributed by atoms with Gasteiger partial charge < -0.3 is 14.2 Å². The van der Waals surface area contributed by atoms with E-state index >= 15 is 0 Å². The molecule has 0 spiro atoms. The van der Waals surface area contributed by atoms with Crippen LogP contribution in [0.4, 0.5) is 0 Å². The van der Waals surface area contributed by atoms with Crippen molar-refractivity contribution in [2.45, 2.75) is 19.3 Å². The molecule has 1 atom stereocenters. The van der Waals surface area contributed by atoms with E-state index in [1.165, 1.54) is 19.3 Å². The SMILES string of the molecule is [N-]=[N+]=NCCOCCOCCOC[C@@H]1C[CH]CC1. The van der Waals surface area contributed by atoms with Gasteiger partial charge in [-0.15, -0.1) is 0 Å². The number of hydrogen-bond donors (Lipinski definition) is 0. The molecule has 6 heteroatoms. The highest BCUT2D eigenvalue weighted by atomic mass is 16.5. The van der Waals surface area contributed by atoms with Gasteiger partial charge in [-0.2, -0.15) is 0 Å². The molecule has 0 aromatic heterocycles. The van der Waals surface area contributed by atoms with Gasteiger partial charge in [-0.25, -0.2) is 0 Å². The van der Waals surface area contributed by atoms with Gasteiger partial charge >= 0.3 is 0 Å². The van der Waals surface area contributed by atoms with E-state index in [9.17, 15) is 0 Å². The average molecular weight is 256 g/mol. The van der Waals surface area contributed by atoms with Crippen molar-refractivity contribution >= 4 is 0 Å². The van der Waals surface area contributed by atoms with Gasteiger partial charge in [0.15, 0.2) is 0 Å². The Morgan fingerprint density at radius 3 is 2.50 bits per heavy atom. The molecule has 0 bridgehead atoms. The van der Waals surface area contributed by atoms with Crippen molar-refractivity contribution in [3.8, 4) is 0 Å². The van der Waals surface area contributed by atoms with Gasteiger partial charge in [-0.3, -0.25) is 0 Å². The summed E-state index contributed by atoms with van der Waals surface area (Å²) < 4.78 is 16.1. The fourth-order valence-electron chi connectivity index (χ4n) is 1.82. The van der Waals surface area contributed by atoms with E-state index in [0.717, 1.165) is 6.61 Å². The van der Waals surface area contributed by atoms with Gasteiger partial charge in [0.1, 0.15) is 0 Å². The molecule has 0 aromatic carbocycles. The molecule has 103 valence electrons. The minimum Gasteiger partial charge on any atom is -0.379 e. The van der Waals surface area contributed by atoms with Crippen LogP contribution in [0.15, 0.2) is 5.11 Å². The third kappa shape index (κ3) is 8.31. The van der Waals surface area contributed by atoms with Gasteiger partial charge in [-0.05, 0) is 37.1 Å². The first-order valence-corrected chi connectivity index (χ1v) is 6.49. The Bertz CT molecular complexity index is 239. The molecule has 0 heterocycles. The zero-order valence-electron chi connectivity index (χ0n) is 10.8. The topological polar surface area (TPSA) is 76.5 Å². The maximum atomic E-state index is 8.03. The maximum Gasteiger partial charge on any atom is 0.0701 e. The van der Waals surface area contributed by atoms with Crippen LogP contribution in [0.25, 0.3) is 10.4 Å². The lowest BCUT2D eigenvalue weighted by molar-refractivity contribution is 0.00911. The molecule has 1 radical (unpaired) electrons. The predicted molar refractivity (Wildman–Crippen MR) is 68.1 cm³/mol. The third-order valence-electron chi connectivity index (χ3n) is 2.78. The number of rotatable bonds is 11. The van der Waals surface area contributed by atoms with Crippen molar-refractivity contribution in [3.63, 3.8) is 0 Å². The van der Waals surface area contributed by atoms with Crippen molar-refractivity contribution in [1.82, 2.24) is 0 Å². The fourth-order valence-corrected chi connectivity index (χ4v) is 1.82. The summed E-state index contributed by atoms with van der Waals surface area (Å²) >= 11 is 0. The summed E-state index contributed by atoms with van der Waals surface area (Å²) in [5.74, 6) is 0.717. The summed E-state index contributed by atoms with van der Waals surface area (Å²) in [6.45, 7) is 4.00. The van der Waals surface area contributed by atoms with E-state index in [1.54, 1.807) is 0 Å². The molecule has 6 nitrogen and oxygen atoms in total. The van der Waals surface area contributed by atoms with Crippen molar-refractivity contribution in [2.24, 2.45) is 11.0 Å². The highest BCUT2D eigenvalue weighted by Gasteiger charge is 2.14. The van der Waals surface area contributed by atoms with Crippen molar-refractivity contribution in [3.05, 3.63) is 16.9 Å². The van der Waals surface area contributed by atoms with Crippen LogP contribution in [-0.4, -0.2) is 46.2 Å². The number of hydrogen-bond acceptors (Lipinski definition) is 4. The lowest BCUT2D eigenvalue weighted by Gasteiger charge is -2.10. The molecular weight excluding hydrogens is 234 g/mol. The van der Waals surface area contributed by atoms with Crippen LogP contribution in [0.5, 0.6) is 0 Å². The lowest BCUT2D eigenvalue weighted by atomic mass is 10.1. The first kappa shape index (κ1) is 15.2. The molecule has 18 heavy (non-hydrogen) atoms. The van der Waals surface area contributed by atoms with Crippen LogP contribution in [0.3, 0.4) is 0 Å². The second-order valence-corrected chi connectivity index (χ2v) is 4.22. The van der Waals surface area contributed by atoms with E-state index in [2.05, 4.69) is 16.4 Å². The van der Waals surface area contributed by atoms with E-state index < -0.39 is 0 Å². The van der Waals surface area contributed by atoms with Crippen molar-refractivity contribution in [1.29, 1.82) is 0 Å². The number of ether oxygens (including phenoxy) is 3. The van der Waals surface area contributed by atoms with Gasteiger partial charge in [0.25, 0.3) is 0 Å². The summed E-state index contributed by atoms with van der Waals surface area (Å²) in [6.07, 6.45) is 6.02. The second-order valence-electron chi connectivity index (χ2n) is 4.22. The first-order chi connectivity index (χ1) is 8.93. The van der Waals surface area contributed by atoms with E-state index in [0.29, 0.717) is 45.5 Å². The number of azide groups is 1. The summed E-state index contributed by atoms with van der Waals surface area (Å²) in [6, 6.07) is 0. The smallest absolute Gasteiger partial charge is 0.0701 e. The van der Waals surface area contributed by atoms with E-state index in [-0.39, 0.29) is 0 Å². The molecule has 0 saturated heterocycles. The quantitative estimate of drug-likeness (QED) is 0.246. The van der Waals surface area contributed by atoms with Crippen LogP contribution in [0, 0.1) is 12.3 Å². The molecule has 0 aliphatic heterocycles. The molecule has 1 aliphatic carbocycles. The fraction of sp³-hybridized carbons (Fsp3) is 0.917. The van der Waals surface area contributed by atoms with Crippen molar-refractivity contribution < 1.29 is 14.2 Å². The van der Waals surface area contributed by atoms with Gasteiger partial charge in [-0.1, -0.05) is 5.11 Å². The Hall–Kier alpha value is -0.810. The highest BCUT2D eigenvalue weighted by Crippen LogP contribution is 2.23. The predicted octanol–water partition coefficient (Wildman–Crippen LogP) is 2.35. The van der Waals surface area contributed by atoms with Crippen LogP contribution >= 0.6 is 0 Å². The summed E-state index contributed by atoms with van der Waals surface area (Å²) in [4.78, 5) is 2.63. The van der Waals surface area contributed by atoms with Crippen LogP contribution < -0.4 is 0 Å². The summed E-state index contributed by atoms with van der Waals surface area (Å²) in [5, 5.41) is 3.36. The Balaban J connectivity index is 1.71. The molecule has 1 rings (SSSR count). The third-order valence-corrected chi connectivity index (χ3v) is 2.78. The van der Waals surface area contributed by atoms with Gasteiger partial charge in [0, 0.05) is 18.1 Å². The van der Waals surface area contributed by atoms with Crippen LogP contribution in [0.1, 0.15) is 19.3 Å². The summed E-state index contributed by atoms with van der Waals surface area (Å²) in [7, 11) is 0. The minimum atomic E-state index is 0.373. The van der Waals surface area contributed by atoms with Crippen molar-refractivity contribution in [2.75, 3.05) is 46.2 Å². The second kappa shape index (κ2) is 11.3. The molecule has 0 N–H and O–H groups in total. The van der Waals surface area contributed by atoms with E-state index in [4.69, 9.17) is 19.7 Å². The Morgan fingerprint density at radius 2 is 1.83 bits per heavy atom. The summed E-state index contributed by atoms with van der Waals surface area (Å²) in [5.41, 5.74) is 8.03. The van der Waals surface area contributed by atoms with E-state index in [1.807, 2.05) is 0 Å². The molecule has 0 aromatic rings. The largest absolute Gasteiger partial charge is 0.379 e.